The number of ether oxygens (including phenoxy) is 2. The fourth-order valence-corrected chi connectivity index (χ4v) is 16.8. The van der Waals surface area contributed by atoms with Crippen molar-refractivity contribution in [2.75, 3.05) is 0 Å². The number of rotatable bonds is 9. The van der Waals surface area contributed by atoms with Crippen molar-refractivity contribution in [3.63, 3.8) is 0 Å². The summed E-state index contributed by atoms with van der Waals surface area (Å²) in [5.41, 5.74) is 1.32. The van der Waals surface area contributed by atoms with E-state index < -0.39 is 5.41 Å². The lowest BCUT2D eigenvalue weighted by atomic mass is 9.32. The molecule has 3 unspecified atom stereocenters. The van der Waals surface area contributed by atoms with Crippen LogP contribution in [0.3, 0.4) is 0 Å². The first-order valence-corrected chi connectivity index (χ1v) is 24.7. The minimum Gasteiger partial charge on any atom is -0.462 e. The zero-order chi connectivity index (χ0) is 45.3. The first kappa shape index (κ1) is 44.7. The van der Waals surface area contributed by atoms with Crippen LogP contribution >= 0.6 is 0 Å². The zero-order valence-electron chi connectivity index (χ0n) is 40.4. The SMILES string of the molecule is C=C(C)C1CC[C@]2(C(=O)NC3CC(c4nnc(C)o4)C3(C)C)CC[C@]3(C)[C@H](CC[C@@H]4[C@@]5(C)CC[C@H](OC(=O)[C@H]6C[C@@H](C(=O)OCc7ccccc7)C6(C)C)C(C)(C)[C@@H]5CC[C@]43C)[C@@H]12. The van der Waals surface area contributed by atoms with Gasteiger partial charge in [-0.05, 0) is 146 Å². The van der Waals surface area contributed by atoms with E-state index in [1.54, 1.807) is 0 Å². The Bertz CT molecular complexity index is 2140. The van der Waals surface area contributed by atoms with Gasteiger partial charge in [-0.15, -0.1) is 10.2 Å². The predicted octanol–water partition coefficient (Wildman–Crippen LogP) is 11.4. The topological polar surface area (TPSA) is 121 Å². The minimum absolute atomic E-state index is 0.0711. The predicted molar refractivity (Wildman–Crippen MR) is 243 cm³/mol. The summed E-state index contributed by atoms with van der Waals surface area (Å²) in [6, 6.07) is 9.82. The van der Waals surface area contributed by atoms with Crippen molar-refractivity contribution < 1.29 is 28.3 Å². The maximum Gasteiger partial charge on any atom is 0.309 e. The molecule has 0 aliphatic heterocycles. The van der Waals surface area contributed by atoms with Gasteiger partial charge in [-0.3, -0.25) is 14.4 Å². The van der Waals surface area contributed by atoms with E-state index >= 15 is 4.79 Å². The molecular formula is C54H77N3O6. The van der Waals surface area contributed by atoms with Gasteiger partial charge in [-0.2, -0.15) is 0 Å². The molecule has 1 amide bonds. The van der Waals surface area contributed by atoms with Crippen molar-refractivity contribution in [3.05, 3.63) is 59.8 Å². The first-order chi connectivity index (χ1) is 29.5. The Morgan fingerprint density at radius 1 is 0.762 bits per heavy atom. The summed E-state index contributed by atoms with van der Waals surface area (Å²) in [5.74, 6) is 2.77. The van der Waals surface area contributed by atoms with Crippen LogP contribution in [0.25, 0.3) is 0 Å². The molecule has 1 aromatic carbocycles. The van der Waals surface area contributed by atoms with Crippen LogP contribution < -0.4 is 5.32 Å². The van der Waals surface area contributed by atoms with Gasteiger partial charge in [0.05, 0.1) is 17.3 Å². The molecule has 7 aliphatic carbocycles. The summed E-state index contributed by atoms with van der Waals surface area (Å²) in [7, 11) is 0. The van der Waals surface area contributed by atoms with Crippen molar-refractivity contribution in [2.45, 2.75) is 178 Å². The van der Waals surface area contributed by atoms with Gasteiger partial charge in [0, 0.05) is 24.3 Å². The van der Waals surface area contributed by atoms with Gasteiger partial charge in [0.2, 0.25) is 17.7 Å². The second-order valence-corrected chi connectivity index (χ2v) is 24.7. The molecule has 344 valence electrons. The Balaban J connectivity index is 0.889. The second kappa shape index (κ2) is 15.0. The highest BCUT2D eigenvalue weighted by Gasteiger charge is 2.72. The standard InChI is InChI=1S/C54H77N3O6/c1-31(2)34-20-25-54(47(60)55-41-29-36(49(41,6)7)44-57-56-32(3)62-44)27-26-52(11)35(43(34)54)18-19-40-51(10)23-22-42(50(8,9)39(51)21-24-53(40,52)12)63-46(59)38-28-37(48(38,4)5)45(58)61-30-33-16-14-13-15-17-33/h13-17,34-43H,1,18-30H2,2-12H3,(H,55,60)/t34?,35-,36?,37+,38-,39+,40-,41?,42+,43-,51+,52-,53-,54+/m1/s1. The Morgan fingerprint density at radius 2 is 1.48 bits per heavy atom. The van der Waals surface area contributed by atoms with Gasteiger partial charge in [0.1, 0.15) is 12.7 Å². The molecule has 7 saturated carbocycles. The number of nitrogens with one attached hydrogen (secondary N) is 1. The third kappa shape index (κ3) is 6.50. The number of nitrogens with zero attached hydrogens (tertiary/aromatic N) is 2. The first-order valence-electron chi connectivity index (χ1n) is 24.7. The van der Waals surface area contributed by atoms with E-state index in [2.05, 4.69) is 77.5 Å². The van der Waals surface area contributed by atoms with Gasteiger partial charge in [-0.25, -0.2) is 0 Å². The van der Waals surface area contributed by atoms with Crippen molar-refractivity contribution in [1.29, 1.82) is 0 Å². The normalized spacial score (nSPS) is 42.7. The fourth-order valence-electron chi connectivity index (χ4n) is 16.8. The van der Waals surface area contributed by atoms with Gasteiger partial charge < -0.3 is 19.2 Å². The summed E-state index contributed by atoms with van der Waals surface area (Å²) in [5, 5.41) is 12.1. The molecule has 7 aliphatic rings. The maximum absolute atomic E-state index is 15.0. The van der Waals surface area contributed by atoms with Crippen LogP contribution in [0.1, 0.15) is 170 Å². The molecule has 1 heterocycles. The van der Waals surface area contributed by atoms with Crippen molar-refractivity contribution in [1.82, 2.24) is 15.5 Å². The van der Waals surface area contributed by atoms with E-state index in [1.807, 2.05) is 51.1 Å². The van der Waals surface area contributed by atoms with Crippen LogP contribution in [0, 0.1) is 86.3 Å². The molecule has 14 atom stereocenters. The number of benzene rings is 1. The molecule has 7 fully saturated rings. The number of hydrogen-bond acceptors (Lipinski definition) is 8. The summed E-state index contributed by atoms with van der Waals surface area (Å²) >= 11 is 0. The molecule has 9 nitrogen and oxygen atoms in total. The average molecular weight is 864 g/mol. The van der Waals surface area contributed by atoms with E-state index in [4.69, 9.17) is 13.9 Å². The number of amides is 1. The second-order valence-electron chi connectivity index (χ2n) is 24.7. The van der Waals surface area contributed by atoms with E-state index in [-0.39, 0.29) is 86.8 Å². The lowest BCUT2D eigenvalue weighted by molar-refractivity contribution is -0.251. The molecule has 1 N–H and O–H groups in total. The summed E-state index contributed by atoms with van der Waals surface area (Å²) < 4.78 is 18.2. The van der Waals surface area contributed by atoms with Crippen LogP contribution in [-0.2, 0) is 30.5 Å². The minimum atomic E-state index is -0.522. The maximum atomic E-state index is 15.0. The van der Waals surface area contributed by atoms with Crippen molar-refractivity contribution >= 4 is 17.8 Å². The van der Waals surface area contributed by atoms with E-state index in [0.29, 0.717) is 47.8 Å². The van der Waals surface area contributed by atoms with Crippen LogP contribution in [0.4, 0.5) is 0 Å². The Kier molecular flexibility index (Phi) is 10.7. The molecule has 0 spiro atoms. The summed E-state index contributed by atoms with van der Waals surface area (Å²) in [4.78, 5) is 42.3. The lowest BCUT2D eigenvalue weighted by Crippen LogP contribution is -2.68. The van der Waals surface area contributed by atoms with E-state index in [9.17, 15) is 9.59 Å². The molecule has 9 heteroatoms. The molecular weight excluding hydrogens is 787 g/mol. The number of hydrogen-bond donors (Lipinski definition) is 1. The molecule has 0 radical (unpaired) electrons. The van der Waals surface area contributed by atoms with Gasteiger partial charge in [0.15, 0.2) is 0 Å². The number of aromatic nitrogens is 2. The fraction of sp³-hybridized carbons (Fsp3) is 0.759. The number of esters is 2. The highest BCUT2D eigenvalue weighted by molar-refractivity contribution is 5.84. The molecule has 0 bridgehead atoms. The number of allylic oxidation sites excluding steroid dienone is 1. The number of fused-ring (bicyclic) bond motifs is 7. The molecule has 1 aromatic heterocycles. The van der Waals surface area contributed by atoms with Crippen LogP contribution in [0.15, 0.2) is 46.9 Å². The highest BCUT2D eigenvalue weighted by Crippen LogP contribution is 2.78. The highest BCUT2D eigenvalue weighted by atomic mass is 16.5. The molecule has 9 rings (SSSR count). The smallest absolute Gasteiger partial charge is 0.309 e. The van der Waals surface area contributed by atoms with Crippen molar-refractivity contribution in [2.24, 2.45) is 79.3 Å². The van der Waals surface area contributed by atoms with Crippen LogP contribution in [-0.4, -0.2) is 40.2 Å². The van der Waals surface area contributed by atoms with Gasteiger partial charge in [0.25, 0.3) is 0 Å². The zero-order valence-corrected chi connectivity index (χ0v) is 40.4. The van der Waals surface area contributed by atoms with Crippen LogP contribution in [0.5, 0.6) is 0 Å². The average Bonchev–Trinajstić information content (AvgIpc) is 3.84. The number of carbonyl (C=O) groups excluding carboxylic acids is 3. The third-order valence-corrected chi connectivity index (χ3v) is 21.2. The van der Waals surface area contributed by atoms with E-state index in [0.717, 1.165) is 69.8 Å². The Morgan fingerprint density at radius 3 is 2.13 bits per heavy atom. The molecule has 0 saturated heterocycles. The van der Waals surface area contributed by atoms with Gasteiger partial charge >= 0.3 is 11.9 Å². The summed E-state index contributed by atoms with van der Waals surface area (Å²) in [6.45, 7) is 30.0. The van der Waals surface area contributed by atoms with Crippen molar-refractivity contribution in [3.8, 4) is 0 Å². The largest absolute Gasteiger partial charge is 0.462 e. The van der Waals surface area contributed by atoms with Gasteiger partial charge in [-0.1, -0.05) is 105 Å². The quantitative estimate of drug-likeness (QED) is 0.195. The summed E-state index contributed by atoms with van der Waals surface area (Å²) in [6.07, 6.45) is 11.7. The Hall–Kier alpha value is -3.49. The number of carbonyl (C=O) groups is 3. The Labute approximate surface area is 377 Å². The third-order valence-electron chi connectivity index (χ3n) is 21.2. The van der Waals surface area contributed by atoms with Crippen LogP contribution in [0.2, 0.25) is 0 Å². The monoisotopic (exact) mass is 864 g/mol. The number of aryl methyl sites for hydroxylation is 1. The van der Waals surface area contributed by atoms with E-state index in [1.165, 1.54) is 12.0 Å². The molecule has 2 aromatic rings. The molecule has 63 heavy (non-hydrogen) atoms. The lowest BCUT2D eigenvalue weighted by Gasteiger charge is -2.73.